The molecular formula is C15H13FO4. The van der Waals surface area contributed by atoms with Gasteiger partial charge in [0.15, 0.2) is 0 Å². The molecule has 0 radical (unpaired) electrons. The van der Waals surface area contributed by atoms with Crippen LogP contribution in [0.1, 0.15) is 10.4 Å². The van der Waals surface area contributed by atoms with Gasteiger partial charge in [-0.2, -0.15) is 0 Å². The maximum absolute atomic E-state index is 14.0. The van der Waals surface area contributed by atoms with E-state index < -0.39 is 11.8 Å². The molecule has 2 aromatic rings. The number of methoxy groups -OCH3 is 2. The summed E-state index contributed by atoms with van der Waals surface area (Å²) in [6.07, 6.45) is 0. The fraction of sp³-hybridized carbons (Fsp3) is 0.133. The Balaban J connectivity index is 2.73. The van der Waals surface area contributed by atoms with E-state index in [1.165, 1.54) is 26.4 Å². The first kappa shape index (κ1) is 13.9. The average Bonchev–Trinajstić information content (AvgIpc) is 2.46. The molecule has 0 saturated heterocycles. The molecule has 0 atom stereocenters. The van der Waals surface area contributed by atoms with Gasteiger partial charge in [-0.3, -0.25) is 0 Å². The molecule has 0 heterocycles. The Morgan fingerprint density at radius 2 is 1.70 bits per heavy atom. The number of carboxylic acids is 1. The van der Waals surface area contributed by atoms with Crippen LogP contribution in [0.25, 0.3) is 11.1 Å². The Morgan fingerprint density at radius 1 is 1.10 bits per heavy atom. The largest absolute Gasteiger partial charge is 0.496 e. The molecule has 0 fully saturated rings. The van der Waals surface area contributed by atoms with E-state index in [0.717, 1.165) is 6.07 Å². The van der Waals surface area contributed by atoms with E-state index >= 15 is 0 Å². The quantitative estimate of drug-likeness (QED) is 0.931. The third kappa shape index (κ3) is 2.42. The van der Waals surface area contributed by atoms with Crippen LogP contribution in [0.5, 0.6) is 11.5 Å². The Hall–Kier alpha value is -2.56. The van der Waals surface area contributed by atoms with Crippen molar-refractivity contribution in [2.75, 3.05) is 14.2 Å². The molecule has 20 heavy (non-hydrogen) atoms. The van der Waals surface area contributed by atoms with E-state index in [9.17, 15) is 9.18 Å². The van der Waals surface area contributed by atoms with Gasteiger partial charge in [0.25, 0.3) is 0 Å². The number of aromatic carboxylic acids is 1. The smallest absolute Gasteiger partial charge is 0.335 e. The minimum Gasteiger partial charge on any atom is -0.496 e. The van der Waals surface area contributed by atoms with Crippen molar-refractivity contribution in [3.63, 3.8) is 0 Å². The summed E-state index contributed by atoms with van der Waals surface area (Å²) in [5.74, 6) is -0.852. The summed E-state index contributed by atoms with van der Waals surface area (Å²) in [6, 6.07) is 8.61. The van der Waals surface area contributed by atoms with Gasteiger partial charge in [0.1, 0.15) is 17.3 Å². The lowest BCUT2D eigenvalue weighted by molar-refractivity contribution is 0.0697. The predicted molar refractivity (Wildman–Crippen MR) is 71.9 cm³/mol. The van der Waals surface area contributed by atoms with E-state index in [0.29, 0.717) is 17.1 Å². The molecule has 104 valence electrons. The van der Waals surface area contributed by atoms with Crippen molar-refractivity contribution in [2.24, 2.45) is 0 Å². The highest BCUT2D eigenvalue weighted by atomic mass is 19.1. The molecule has 0 unspecified atom stereocenters. The monoisotopic (exact) mass is 276 g/mol. The SMILES string of the molecule is COc1cccc(OC)c1-c1cc(C(=O)O)ccc1F. The Kier molecular flexibility index (Phi) is 3.89. The van der Waals surface area contributed by atoms with E-state index in [1.807, 2.05) is 0 Å². The molecule has 0 aliphatic rings. The maximum Gasteiger partial charge on any atom is 0.335 e. The number of benzene rings is 2. The van der Waals surface area contributed by atoms with Gasteiger partial charge in [-0.15, -0.1) is 0 Å². The number of hydrogen-bond donors (Lipinski definition) is 1. The molecule has 0 bridgehead atoms. The lowest BCUT2D eigenvalue weighted by Crippen LogP contribution is -2.00. The summed E-state index contributed by atoms with van der Waals surface area (Å²) in [7, 11) is 2.91. The van der Waals surface area contributed by atoms with Crippen LogP contribution in [-0.2, 0) is 0 Å². The lowest BCUT2D eigenvalue weighted by atomic mass is 10.0. The molecule has 0 aromatic heterocycles. The van der Waals surface area contributed by atoms with Crippen molar-refractivity contribution in [3.8, 4) is 22.6 Å². The second kappa shape index (κ2) is 5.61. The van der Waals surface area contributed by atoms with E-state index in [2.05, 4.69) is 0 Å². The van der Waals surface area contributed by atoms with Gasteiger partial charge in [0.2, 0.25) is 0 Å². The number of ether oxygens (including phenoxy) is 2. The van der Waals surface area contributed by atoms with Crippen molar-refractivity contribution >= 4 is 5.97 Å². The summed E-state index contributed by atoms with van der Waals surface area (Å²) in [5, 5.41) is 9.02. The highest BCUT2D eigenvalue weighted by molar-refractivity contribution is 5.90. The summed E-state index contributed by atoms with van der Waals surface area (Å²) in [6.45, 7) is 0. The van der Waals surface area contributed by atoms with Crippen LogP contribution in [0.15, 0.2) is 36.4 Å². The normalized spacial score (nSPS) is 10.2. The van der Waals surface area contributed by atoms with Gasteiger partial charge in [0, 0.05) is 5.56 Å². The van der Waals surface area contributed by atoms with Gasteiger partial charge in [0.05, 0.1) is 25.3 Å². The van der Waals surface area contributed by atoms with E-state index in [-0.39, 0.29) is 11.1 Å². The summed E-state index contributed by atoms with van der Waals surface area (Å²) in [5.41, 5.74) is 0.506. The molecule has 0 spiro atoms. The number of carbonyl (C=O) groups is 1. The van der Waals surface area contributed by atoms with Crippen LogP contribution < -0.4 is 9.47 Å². The molecule has 4 nitrogen and oxygen atoms in total. The van der Waals surface area contributed by atoms with Crippen molar-refractivity contribution in [1.29, 1.82) is 0 Å². The van der Waals surface area contributed by atoms with Crippen molar-refractivity contribution < 1.29 is 23.8 Å². The van der Waals surface area contributed by atoms with Gasteiger partial charge >= 0.3 is 5.97 Å². The van der Waals surface area contributed by atoms with Gasteiger partial charge < -0.3 is 14.6 Å². The molecule has 0 aliphatic carbocycles. The second-order valence-electron chi connectivity index (χ2n) is 4.04. The molecule has 1 N–H and O–H groups in total. The lowest BCUT2D eigenvalue weighted by Gasteiger charge is -2.14. The first-order valence-electron chi connectivity index (χ1n) is 5.82. The maximum atomic E-state index is 14.0. The van der Waals surface area contributed by atoms with Crippen LogP contribution in [-0.4, -0.2) is 25.3 Å². The first-order valence-corrected chi connectivity index (χ1v) is 5.82. The third-order valence-corrected chi connectivity index (χ3v) is 2.91. The standard InChI is InChI=1S/C15H13FO4/c1-19-12-4-3-5-13(20-2)14(12)10-8-9(15(17)18)6-7-11(10)16/h3-8H,1-2H3,(H,17,18). The number of rotatable bonds is 4. The number of hydrogen-bond acceptors (Lipinski definition) is 3. The van der Waals surface area contributed by atoms with Gasteiger partial charge in [-0.05, 0) is 30.3 Å². The highest BCUT2D eigenvalue weighted by Gasteiger charge is 2.18. The van der Waals surface area contributed by atoms with Crippen LogP contribution in [0.3, 0.4) is 0 Å². The summed E-state index contributed by atoms with van der Waals surface area (Å²) < 4.78 is 24.5. The van der Waals surface area contributed by atoms with Gasteiger partial charge in [-0.25, -0.2) is 9.18 Å². The third-order valence-electron chi connectivity index (χ3n) is 2.91. The topological polar surface area (TPSA) is 55.8 Å². The zero-order valence-corrected chi connectivity index (χ0v) is 11.0. The zero-order chi connectivity index (χ0) is 14.7. The fourth-order valence-electron chi connectivity index (χ4n) is 1.97. The zero-order valence-electron chi connectivity index (χ0n) is 11.0. The first-order chi connectivity index (χ1) is 9.58. The summed E-state index contributed by atoms with van der Waals surface area (Å²) >= 11 is 0. The molecule has 2 rings (SSSR count). The van der Waals surface area contributed by atoms with Crippen molar-refractivity contribution in [3.05, 3.63) is 47.8 Å². The Morgan fingerprint density at radius 3 is 2.20 bits per heavy atom. The number of carboxylic acid groups (broad SMARTS) is 1. The van der Waals surface area contributed by atoms with Crippen molar-refractivity contribution in [2.45, 2.75) is 0 Å². The summed E-state index contributed by atoms with van der Waals surface area (Å²) in [4.78, 5) is 11.0. The van der Waals surface area contributed by atoms with E-state index in [1.54, 1.807) is 18.2 Å². The van der Waals surface area contributed by atoms with Crippen molar-refractivity contribution in [1.82, 2.24) is 0 Å². The second-order valence-corrected chi connectivity index (χ2v) is 4.04. The molecule has 0 amide bonds. The van der Waals surface area contributed by atoms with Crippen LogP contribution in [0.4, 0.5) is 4.39 Å². The highest BCUT2D eigenvalue weighted by Crippen LogP contribution is 2.39. The fourth-order valence-corrected chi connectivity index (χ4v) is 1.97. The molecule has 5 heteroatoms. The van der Waals surface area contributed by atoms with E-state index in [4.69, 9.17) is 14.6 Å². The molecule has 0 saturated carbocycles. The Bertz CT molecular complexity index is 630. The molecule has 2 aromatic carbocycles. The van der Waals surface area contributed by atoms with Crippen LogP contribution in [0.2, 0.25) is 0 Å². The van der Waals surface area contributed by atoms with Crippen LogP contribution in [0, 0.1) is 5.82 Å². The molecular weight excluding hydrogens is 263 g/mol. The predicted octanol–water partition coefficient (Wildman–Crippen LogP) is 3.21. The minimum absolute atomic E-state index is 0.00522. The van der Waals surface area contributed by atoms with Crippen LogP contribution >= 0.6 is 0 Å². The average molecular weight is 276 g/mol. The number of halogens is 1. The molecule has 0 aliphatic heterocycles. The van der Waals surface area contributed by atoms with Gasteiger partial charge in [-0.1, -0.05) is 6.07 Å². The Labute approximate surface area is 115 Å². The minimum atomic E-state index is -1.12.